The molecule has 3 aliphatic heterocycles. The summed E-state index contributed by atoms with van der Waals surface area (Å²) in [6.07, 6.45) is 3.77. The van der Waals surface area contributed by atoms with E-state index in [4.69, 9.17) is 9.47 Å². The zero-order valence-electron chi connectivity index (χ0n) is 20.1. The fraction of sp³-hybridized carbons (Fsp3) is 0.458. The summed E-state index contributed by atoms with van der Waals surface area (Å²) in [6, 6.07) is 3.62. The number of carbonyl (C=O) groups is 3. The number of amides is 3. The van der Waals surface area contributed by atoms with Crippen molar-refractivity contribution in [3.8, 4) is 6.07 Å². The minimum atomic E-state index is -0.396. The van der Waals surface area contributed by atoms with Gasteiger partial charge in [0.1, 0.15) is 23.9 Å². The third kappa shape index (κ3) is 5.64. The van der Waals surface area contributed by atoms with Gasteiger partial charge in [0, 0.05) is 44.9 Å². The lowest BCUT2D eigenvalue weighted by Gasteiger charge is -2.31. The number of urea groups is 1. The van der Waals surface area contributed by atoms with Crippen LogP contribution < -0.4 is 20.9 Å². The second kappa shape index (κ2) is 11.7. The number of fused-ring (bicyclic) bond motifs is 1. The molecule has 1 fully saturated rings. The highest BCUT2D eigenvalue weighted by atomic mass is 16.5. The van der Waals surface area contributed by atoms with Crippen LogP contribution in [0.5, 0.6) is 0 Å². The SMILES string of the molecule is COCCNC1=C(C#N)CNC(NC(=O)N2CCCc3cc(CN4CCOCC4=O)c(C=O)nc32)=C1. The molecule has 3 amide bonds. The number of nitrogens with zero attached hydrogens (tertiary/aromatic N) is 4. The van der Waals surface area contributed by atoms with Crippen molar-refractivity contribution in [2.75, 3.05) is 58.0 Å². The van der Waals surface area contributed by atoms with Crippen LogP contribution >= 0.6 is 0 Å². The van der Waals surface area contributed by atoms with Crippen LogP contribution in [0.4, 0.5) is 10.6 Å². The van der Waals surface area contributed by atoms with E-state index in [0.717, 1.165) is 12.0 Å². The van der Waals surface area contributed by atoms with E-state index in [-0.39, 0.29) is 31.3 Å². The molecule has 4 rings (SSSR count). The topological polar surface area (TPSA) is 149 Å². The maximum Gasteiger partial charge on any atom is 0.328 e. The standard InChI is InChI=1S/C24H29N7O5/c1-35-7-4-26-19-10-21(27-12-18(19)11-25)29-24(34)31-5-2-3-16-9-17(20(14-32)28-23(16)31)13-30-6-8-36-15-22(30)33/h9-10,14,26-27H,2-8,12-13,15H2,1H3,(H,29,34). The van der Waals surface area contributed by atoms with Crippen LogP contribution in [0.15, 0.2) is 29.2 Å². The van der Waals surface area contributed by atoms with Crippen LogP contribution in [-0.4, -0.2) is 81.2 Å². The summed E-state index contributed by atoms with van der Waals surface area (Å²) in [5, 5.41) is 18.4. The molecule has 0 radical (unpaired) electrons. The largest absolute Gasteiger partial charge is 0.383 e. The Bertz CT molecular complexity index is 1140. The summed E-state index contributed by atoms with van der Waals surface area (Å²) >= 11 is 0. The molecule has 12 nitrogen and oxygen atoms in total. The van der Waals surface area contributed by atoms with E-state index in [1.807, 2.05) is 6.07 Å². The van der Waals surface area contributed by atoms with Gasteiger partial charge < -0.3 is 25.0 Å². The number of anilines is 1. The lowest BCUT2D eigenvalue weighted by atomic mass is 10.0. The Balaban J connectivity index is 1.52. The van der Waals surface area contributed by atoms with E-state index in [0.29, 0.717) is 74.0 Å². The Morgan fingerprint density at radius 2 is 2.28 bits per heavy atom. The molecule has 36 heavy (non-hydrogen) atoms. The molecule has 0 aliphatic carbocycles. The van der Waals surface area contributed by atoms with E-state index in [1.54, 1.807) is 18.1 Å². The van der Waals surface area contributed by atoms with Gasteiger partial charge in [-0.1, -0.05) is 0 Å². The molecule has 1 aromatic rings. The molecule has 0 aromatic carbocycles. The third-order valence-electron chi connectivity index (χ3n) is 6.14. The number of aldehydes is 1. The maximum atomic E-state index is 13.2. The van der Waals surface area contributed by atoms with Gasteiger partial charge >= 0.3 is 6.03 Å². The molecule has 0 saturated carbocycles. The van der Waals surface area contributed by atoms with Crippen molar-refractivity contribution in [1.29, 1.82) is 5.26 Å². The molecule has 0 unspecified atom stereocenters. The minimum absolute atomic E-state index is 0.0291. The summed E-state index contributed by atoms with van der Waals surface area (Å²) in [5.74, 6) is 0.750. The number of allylic oxidation sites excluding steroid dienone is 1. The van der Waals surface area contributed by atoms with Gasteiger partial charge in [0.05, 0.1) is 37.1 Å². The highest BCUT2D eigenvalue weighted by Crippen LogP contribution is 2.28. The Labute approximate surface area is 208 Å². The quantitative estimate of drug-likeness (QED) is 0.339. The van der Waals surface area contributed by atoms with Gasteiger partial charge in [-0.3, -0.25) is 19.8 Å². The van der Waals surface area contributed by atoms with Crippen molar-refractivity contribution < 1.29 is 23.9 Å². The van der Waals surface area contributed by atoms with E-state index >= 15 is 0 Å². The minimum Gasteiger partial charge on any atom is -0.383 e. The molecule has 0 bridgehead atoms. The summed E-state index contributed by atoms with van der Waals surface area (Å²) in [4.78, 5) is 44.9. The highest BCUT2D eigenvalue weighted by molar-refractivity contribution is 5.94. The van der Waals surface area contributed by atoms with Gasteiger partial charge in [0.25, 0.3) is 0 Å². The van der Waals surface area contributed by atoms with Crippen molar-refractivity contribution in [3.05, 3.63) is 46.1 Å². The zero-order valence-corrected chi connectivity index (χ0v) is 20.1. The normalized spacial score (nSPS) is 17.6. The predicted molar refractivity (Wildman–Crippen MR) is 129 cm³/mol. The number of nitrogens with one attached hydrogen (secondary N) is 3. The fourth-order valence-corrected chi connectivity index (χ4v) is 4.28. The second-order valence-corrected chi connectivity index (χ2v) is 8.52. The molecule has 1 aromatic heterocycles. The first kappa shape index (κ1) is 25.2. The van der Waals surface area contributed by atoms with Crippen molar-refractivity contribution in [2.45, 2.75) is 19.4 Å². The van der Waals surface area contributed by atoms with Gasteiger partial charge in [0.15, 0.2) is 6.29 Å². The number of aromatic nitrogens is 1. The van der Waals surface area contributed by atoms with Gasteiger partial charge in [-0.05, 0) is 24.5 Å². The average Bonchev–Trinajstić information content (AvgIpc) is 2.89. The molecule has 0 atom stereocenters. The monoisotopic (exact) mass is 495 g/mol. The molecule has 3 N–H and O–H groups in total. The summed E-state index contributed by atoms with van der Waals surface area (Å²) in [6.45, 7) is 2.91. The van der Waals surface area contributed by atoms with Gasteiger partial charge in [-0.15, -0.1) is 0 Å². The van der Waals surface area contributed by atoms with Gasteiger partial charge in [0.2, 0.25) is 5.91 Å². The number of dihydropyridines is 1. The molecular formula is C24H29N7O5. The first-order chi connectivity index (χ1) is 17.5. The van der Waals surface area contributed by atoms with E-state index in [2.05, 4.69) is 27.0 Å². The van der Waals surface area contributed by atoms with E-state index in [1.165, 1.54) is 4.90 Å². The van der Waals surface area contributed by atoms with Crippen LogP contribution in [0.2, 0.25) is 0 Å². The first-order valence-corrected chi connectivity index (χ1v) is 11.8. The van der Waals surface area contributed by atoms with Crippen molar-refractivity contribution in [1.82, 2.24) is 25.8 Å². The summed E-state index contributed by atoms with van der Waals surface area (Å²) in [7, 11) is 1.59. The summed E-state index contributed by atoms with van der Waals surface area (Å²) in [5.41, 5.74) is 2.84. The third-order valence-corrected chi connectivity index (χ3v) is 6.14. The first-order valence-electron chi connectivity index (χ1n) is 11.8. The van der Waals surface area contributed by atoms with Crippen LogP contribution in [0.25, 0.3) is 0 Å². The molecule has 1 saturated heterocycles. The van der Waals surface area contributed by atoms with Crippen LogP contribution in [0, 0.1) is 11.3 Å². The molecule has 4 heterocycles. The van der Waals surface area contributed by atoms with Crippen molar-refractivity contribution in [2.24, 2.45) is 0 Å². The molecule has 0 spiro atoms. The number of nitriles is 1. The van der Waals surface area contributed by atoms with E-state index < -0.39 is 6.03 Å². The molecule has 190 valence electrons. The lowest BCUT2D eigenvalue weighted by Crippen LogP contribution is -2.46. The Kier molecular flexibility index (Phi) is 8.14. The lowest BCUT2D eigenvalue weighted by molar-refractivity contribution is -0.143. The number of carbonyl (C=O) groups excluding carboxylic acids is 3. The molecule has 12 heteroatoms. The molecule has 3 aliphatic rings. The van der Waals surface area contributed by atoms with E-state index in [9.17, 15) is 19.6 Å². The predicted octanol–water partition coefficient (Wildman–Crippen LogP) is 0.173. The number of rotatable bonds is 8. The second-order valence-electron chi connectivity index (χ2n) is 8.52. The number of hydrogen-bond donors (Lipinski definition) is 3. The van der Waals surface area contributed by atoms with Crippen LogP contribution in [0.1, 0.15) is 28.0 Å². The Morgan fingerprint density at radius 3 is 3.03 bits per heavy atom. The smallest absolute Gasteiger partial charge is 0.328 e. The van der Waals surface area contributed by atoms with Crippen molar-refractivity contribution >= 4 is 24.0 Å². The number of hydrogen-bond acceptors (Lipinski definition) is 9. The van der Waals surface area contributed by atoms with Crippen LogP contribution in [-0.2, 0) is 27.2 Å². The highest BCUT2D eigenvalue weighted by Gasteiger charge is 2.28. The van der Waals surface area contributed by atoms with Gasteiger partial charge in [-0.25, -0.2) is 9.78 Å². The van der Waals surface area contributed by atoms with Gasteiger partial charge in [-0.2, -0.15) is 5.26 Å². The summed E-state index contributed by atoms with van der Waals surface area (Å²) < 4.78 is 10.2. The maximum absolute atomic E-state index is 13.2. The average molecular weight is 496 g/mol. The Hall–Kier alpha value is -3.95. The number of aryl methyl sites for hydroxylation is 1. The number of morpholine rings is 1. The fourth-order valence-electron chi connectivity index (χ4n) is 4.28. The molecular weight excluding hydrogens is 466 g/mol. The van der Waals surface area contributed by atoms with Crippen molar-refractivity contribution in [3.63, 3.8) is 0 Å². The van der Waals surface area contributed by atoms with Crippen LogP contribution in [0.3, 0.4) is 0 Å². The Morgan fingerprint density at radius 1 is 1.42 bits per heavy atom. The number of methoxy groups -OCH3 is 1. The number of pyridine rings is 1. The number of ether oxygens (including phenoxy) is 2. The zero-order chi connectivity index (χ0) is 25.5.